The molecule has 0 aliphatic carbocycles. The van der Waals surface area contributed by atoms with Crippen LogP contribution < -0.4 is 15.8 Å². The highest BCUT2D eigenvalue weighted by atomic mass is 19.1. The molecule has 0 bridgehead atoms. The van der Waals surface area contributed by atoms with Crippen LogP contribution in [0.25, 0.3) is 0 Å². The highest BCUT2D eigenvalue weighted by Crippen LogP contribution is 2.14. The van der Waals surface area contributed by atoms with Gasteiger partial charge >= 0.3 is 0 Å². The number of nitrogens with one attached hydrogen (secondary N) is 1. The summed E-state index contributed by atoms with van der Waals surface area (Å²) >= 11 is 0. The molecule has 0 radical (unpaired) electrons. The number of nitrogens with two attached hydrogens (primary N) is 1. The number of ether oxygens (including phenoxy) is 1. The van der Waals surface area contributed by atoms with Crippen LogP contribution in [0.15, 0.2) is 48.5 Å². The van der Waals surface area contributed by atoms with Crippen LogP contribution in [-0.4, -0.2) is 25.0 Å². The van der Waals surface area contributed by atoms with Crippen LogP contribution in [0, 0.1) is 5.82 Å². The lowest BCUT2D eigenvalue weighted by atomic mass is 10.1. The first kappa shape index (κ1) is 15.5. The molecule has 0 aromatic heterocycles. The molecule has 3 N–H and O–H groups in total. The van der Waals surface area contributed by atoms with E-state index in [2.05, 4.69) is 5.32 Å². The van der Waals surface area contributed by atoms with Gasteiger partial charge in [0.15, 0.2) is 11.6 Å². The van der Waals surface area contributed by atoms with Gasteiger partial charge in [-0.05, 0) is 36.4 Å². The lowest BCUT2D eigenvalue weighted by Crippen LogP contribution is -2.28. The van der Waals surface area contributed by atoms with E-state index in [9.17, 15) is 14.0 Å². The molecule has 0 saturated carbocycles. The van der Waals surface area contributed by atoms with E-state index in [1.54, 1.807) is 12.1 Å². The SMILES string of the molecule is NC(=O)c1ccc(C(=O)NCCOc2ccccc2F)cc1. The molecule has 2 rings (SSSR count). The predicted octanol–water partition coefficient (Wildman–Crippen LogP) is 1.73. The minimum Gasteiger partial charge on any atom is -0.489 e. The molecule has 2 amide bonds. The number of primary amides is 1. The van der Waals surface area contributed by atoms with E-state index in [0.717, 1.165) is 0 Å². The van der Waals surface area contributed by atoms with Crippen LogP contribution in [0.4, 0.5) is 4.39 Å². The first-order valence-corrected chi connectivity index (χ1v) is 6.63. The Kier molecular flexibility index (Phi) is 5.08. The summed E-state index contributed by atoms with van der Waals surface area (Å²) in [6.07, 6.45) is 0. The van der Waals surface area contributed by atoms with E-state index < -0.39 is 11.7 Å². The molecule has 0 spiro atoms. The zero-order valence-corrected chi connectivity index (χ0v) is 11.7. The van der Waals surface area contributed by atoms with Crippen LogP contribution in [-0.2, 0) is 0 Å². The zero-order valence-electron chi connectivity index (χ0n) is 11.7. The normalized spacial score (nSPS) is 10.0. The van der Waals surface area contributed by atoms with Gasteiger partial charge in [0.05, 0.1) is 6.54 Å². The maximum absolute atomic E-state index is 13.3. The summed E-state index contributed by atoms with van der Waals surface area (Å²) in [7, 11) is 0. The number of hydrogen-bond donors (Lipinski definition) is 2. The molecule has 0 atom stereocenters. The van der Waals surface area contributed by atoms with Crippen LogP contribution in [0.5, 0.6) is 5.75 Å². The minimum absolute atomic E-state index is 0.141. The number of carbonyl (C=O) groups excluding carboxylic acids is 2. The van der Waals surface area contributed by atoms with Gasteiger partial charge in [0, 0.05) is 11.1 Å². The van der Waals surface area contributed by atoms with Gasteiger partial charge in [0.2, 0.25) is 5.91 Å². The number of halogens is 1. The molecule has 114 valence electrons. The second-order valence-electron chi connectivity index (χ2n) is 4.48. The van der Waals surface area contributed by atoms with E-state index in [1.165, 1.54) is 36.4 Å². The van der Waals surface area contributed by atoms with Gasteiger partial charge in [-0.25, -0.2) is 4.39 Å². The van der Waals surface area contributed by atoms with Crippen molar-refractivity contribution >= 4 is 11.8 Å². The Morgan fingerprint density at radius 1 is 1.05 bits per heavy atom. The Labute approximate surface area is 126 Å². The van der Waals surface area contributed by atoms with Gasteiger partial charge < -0.3 is 15.8 Å². The molecule has 0 fully saturated rings. The van der Waals surface area contributed by atoms with Gasteiger partial charge in [-0.1, -0.05) is 12.1 Å². The van der Waals surface area contributed by atoms with Crippen molar-refractivity contribution in [2.75, 3.05) is 13.2 Å². The fourth-order valence-electron chi connectivity index (χ4n) is 1.78. The Morgan fingerprint density at radius 2 is 1.68 bits per heavy atom. The Bertz CT molecular complexity index is 671. The summed E-state index contributed by atoms with van der Waals surface area (Å²) in [6.45, 7) is 0.372. The average molecular weight is 302 g/mol. The number of amides is 2. The maximum atomic E-state index is 13.3. The summed E-state index contributed by atoms with van der Waals surface area (Å²) < 4.78 is 18.5. The standard InChI is InChI=1S/C16H15FN2O3/c17-13-3-1-2-4-14(13)22-10-9-19-16(21)12-7-5-11(6-8-12)15(18)20/h1-8H,9-10H2,(H2,18,20)(H,19,21). The molecule has 2 aromatic rings. The topological polar surface area (TPSA) is 81.4 Å². The number of rotatable bonds is 6. The highest BCUT2D eigenvalue weighted by Gasteiger charge is 2.07. The van der Waals surface area contributed by atoms with Gasteiger partial charge in [0.1, 0.15) is 6.61 Å². The van der Waals surface area contributed by atoms with Crippen molar-refractivity contribution in [3.63, 3.8) is 0 Å². The maximum Gasteiger partial charge on any atom is 0.251 e. The molecule has 22 heavy (non-hydrogen) atoms. The smallest absolute Gasteiger partial charge is 0.251 e. The summed E-state index contributed by atoms with van der Waals surface area (Å²) in [6, 6.07) is 12.0. The Hall–Kier alpha value is -2.89. The molecular formula is C16H15FN2O3. The molecule has 0 heterocycles. The van der Waals surface area contributed by atoms with E-state index in [4.69, 9.17) is 10.5 Å². The molecule has 0 saturated heterocycles. The second kappa shape index (κ2) is 7.21. The summed E-state index contributed by atoms with van der Waals surface area (Å²) in [5, 5.41) is 2.63. The fraction of sp³-hybridized carbons (Fsp3) is 0.125. The van der Waals surface area contributed by atoms with Crippen LogP contribution >= 0.6 is 0 Å². The van der Waals surface area contributed by atoms with Crippen molar-refractivity contribution in [2.45, 2.75) is 0 Å². The Morgan fingerprint density at radius 3 is 2.32 bits per heavy atom. The van der Waals surface area contributed by atoms with E-state index in [-0.39, 0.29) is 24.8 Å². The quantitative estimate of drug-likeness (QED) is 0.797. The van der Waals surface area contributed by atoms with Crippen molar-refractivity contribution in [2.24, 2.45) is 5.73 Å². The van der Waals surface area contributed by atoms with Gasteiger partial charge in [-0.15, -0.1) is 0 Å². The van der Waals surface area contributed by atoms with E-state index >= 15 is 0 Å². The first-order valence-electron chi connectivity index (χ1n) is 6.63. The third-order valence-corrected chi connectivity index (χ3v) is 2.91. The van der Waals surface area contributed by atoms with Crippen LogP contribution in [0.2, 0.25) is 0 Å². The molecule has 2 aromatic carbocycles. The largest absolute Gasteiger partial charge is 0.489 e. The number of benzene rings is 2. The predicted molar refractivity (Wildman–Crippen MR) is 79.2 cm³/mol. The summed E-state index contributed by atoms with van der Waals surface area (Å²) in [4.78, 5) is 22.8. The van der Waals surface area contributed by atoms with Gasteiger partial charge in [-0.2, -0.15) is 0 Å². The van der Waals surface area contributed by atoms with E-state index in [1.807, 2.05) is 0 Å². The summed E-state index contributed by atoms with van der Waals surface area (Å²) in [5.41, 5.74) is 5.85. The van der Waals surface area contributed by atoms with Crippen LogP contribution in [0.1, 0.15) is 20.7 Å². The molecule has 0 unspecified atom stereocenters. The van der Waals surface area contributed by atoms with Crippen molar-refractivity contribution in [1.29, 1.82) is 0 Å². The van der Waals surface area contributed by atoms with E-state index in [0.29, 0.717) is 11.1 Å². The molecule has 6 heteroatoms. The van der Waals surface area contributed by atoms with Crippen molar-refractivity contribution in [3.8, 4) is 5.75 Å². The third kappa shape index (κ3) is 4.05. The second-order valence-corrected chi connectivity index (χ2v) is 4.48. The third-order valence-electron chi connectivity index (χ3n) is 2.91. The average Bonchev–Trinajstić information content (AvgIpc) is 2.53. The minimum atomic E-state index is -0.551. The lowest BCUT2D eigenvalue weighted by Gasteiger charge is -2.08. The Balaban J connectivity index is 1.80. The van der Waals surface area contributed by atoms with Crippen LogP contribution in [0.3, 0.4) is 0 Å². The van der Waals surface area contributed by atoms with Gasteiger partial charge in [0.25, 0.3) is 5.91 Å². The van der Waals surface area contributed by atoms with Crippen molar-refractivity contribution < 1.29 is 18.7 Å². The molecule has 0 aliphatic heterocycles. The molecule has 5 nitrogen and oxygen atoms in total. The zero-order chi connectivity index (χ0) is 15.9. The van der Waals surface area contributed by atoms with Gasteiger partial charge in [-0.3, -0.25) is 9.59 Å². The number of hydrogen-bond acceptors (Lipinski definition) is 3. The van der Waals surface area contributed by atoms with Crippen molar-refractivity contribution in [3.05, 3.63) is 65.5 Å². The van der Waals surface area contributed by atoms with Crippen molar-refractivity contribution in [1.82, 2.24) is 5.32 Å². The summed E-state index contributed by atoms with van der Waals surface area (Å²) in [5.74, 6) is -1.17. The number of para-hydroxylation sites is 1. The lowest BCUT2D eigenvalue weighted by molar-refractivity contribution is 0.0944. The highest BCUT2D eigenvalue weighted by molar-refractivity contribution is 5.97. The molecular weight excluding hydrogens is 287 g/mol. The first-order chi connectivity index (χ1) is 10.6. The number of carbonyl (C=O) groups is 2. The molecule has 0 aliphatic rings. The fourth-order valence-corrected chi connectivity index (χ4v) is 1.78. The monoisotopic (exact) mass is 302 g/mol.